The number of nitrogens with zero attached hydrogens (tertiary/aromatic N) is 1. The van der Waals surface area contributed by atoms with Crippen LogP contribution in [0.2, 0.25) is 5.02 Å². The van der Waals surface area contributed by atoms with Crippen molar-refractivity contribution in [2.24, 2.45) is 5.41 Å². The van der Waals surface area contributed by atoms with Crippen molar-refractivity contribution < 1.29 is 4.79 Å². The van der Waals surface area contributed by atoms with Gasteiger partial charge in [-0.05, 0) is 42.9 Å². The van der Waals surface area contributed by atoms with Gasteiger partial charge in [0.05, 0.1) is 10.6 Å². The molecule has 0 bridgehead atoms. The van der Waals surface area contributed by atoms with E-state index in [0.717, 1.165) is 32.4 Å². The molecule has 1 aromatic rings. The zero-order valence-electron chi connectivity index (χ0n) is 11.6. The van der Waals surface area contributed by atoms with E-state index in [1.807, 2.05) is 4.90 Å². The van der Waals surface area contributed by atoms with Crippen LogP contribution in [0.3, 0.4) is 0 Å². The second-order valence-corrected chi connectivity index (χ2v) is 6.46. The lowest BCUT2D eigenvalue weighted by atomic mass is 9.85. The highest BCUT2D eigenvalue weighted by Crippen LogP contribution is 2.31. The van der Waals surface area contributed by atoms with Crippen molar-refractivity contribution in [3.8, 4) is 0 Å². The summed E-state index contributed by atoms with van der Waals surface area (Å²) < 4.78 is 0. The van der Waals surface area contributed by atoms with E-state index >= 15 is 0 Å². The number of amides is 1. The maximum Gasteiger partial charge on any atom is 0.255 e. The molecule has 0 spiro atoms. The normalized spacial score (nSPS) is 19.0. The molecule has 1 aliphatic rings. The van der Waals surface area contributed by atoms with Gasteiger partial charge in [0.1, 0.15) is 0 Å². The smallest absolute Gasteiger partial charge is 0.255 e. The lowest BCUT2D eigenvalue weighted by Crippen LogP contribution is -2.32. The Morgan fingerprint density at radius 1 is 1.32 bits per heavy atom. The van der Waals surface area contributed by atoms with Crippen LogP contribution in [0.25, 0.3) is 0 Å². The molecule has 0 unspecified atom stereocenters. The maximum atomic E-state index is 12.5. The van der Waals surface area contributed by atoms with Crippen LogP contribution in [0.4, 0.5) is 5.69 Å². The van der Waals surface area contributed by atoms with Gasteiger partial charge in [-0.1, -0.05) is 25.4 Å². The molecule has 0 aliphatic carbocycles. The quantitative estimate of drug-likeness (QED) is 0.799. The average Bonchev–Trinajstić information content (AvgIpc) is 2.49. The molecule has 1 saturated heterocycles. The summed E-state index contributed by atoms with van der Waals surface area (Å²) in [5, 5.41) is 0.438. The van der Waals surface area contributed by atoms with Crippen LogP contribution < -0.4 is 5.73 Å². The average molecular weight is 281 g/mol. The van der Waals surface area contributed by atoms with Crippen LogP contribution in [0.5, 0.6) is 0 Å². The molecule has 1 aliphatic heterocycles. The van der Waals surface area contributed by atoms with Gasteiger partial charge in [0.25, 0.3) is 5.91 Å². The van der Waals surface area contributed by atoms with E-state index in [1.54, 1.807) is 18.2 Å². The molecule has 1 heterocycles. The Balaban J connectivity index is 2.15. The topological polar surface area (TPSA) is 46.3 Å². The van der Waals surface area contributed by atoms with Gasteiger partial charge in [-0.3, -0.25) is 4.79 Å². The summed E-state index contributed by atoms with van der Waals surface area (Å²) >= 11 is 6.11. The van der Waals surface area contributed by atoms with E-state index in [9.17, 15) is 4.79 Å². The zero-order valence-corrected chi connectivity index (χ0v) is 12.3. The van der Waals surface area contributed by atoms with Gasteiger partial charge in [-0.25, -0.2) is 0 Å². The standard InChI is InChI=1S/C15H21ClN2O/c1-15(2)6-3-8-18(9-7-15)14(19)12-5-4-11(17)10-13(12)16/h4-5,10H,3,6-9,17H2,1-2H3. The SMILES string of the molecule is CC1(C)CCCN(C(=O)c2ccc(N)cc2Cl)CC1. The Morgan fingerprint density at radius 3 is 2.74 bits per heavy atom. The fraction of sp³-hybridized carbons (Fsp3) is 0.533. The molecule has 0 aromatic heterocycles. The minimum Gasteiger partial charge on any atom is -0.399 e. The molecule has 1 aromatic carbocycles. The number of nitrogen functional groups attached to an aromatic ring is 1. The molecule has 19 heavy (non-hydrogen) atoms. The van der Waals surface area contributed by atoms with Crippen LogP contribution in [-0.2, 0) is 0 Å². The van der Waals surface area contributed by atoms with Gasteiger partial charge in [-0.15, -0.1) is 0 Å². The van der Waals surface area contributed by atoms with Crippen molar-refractivity contribution in [3.05, 3.63) is 28.8 Å². The van der Waals surface area contributed by atoms with E-state index in [0.29, 0.717) is 21.7 Å². The minimum atomic E-state index is 0.0164. The van der Waals surface area contributed by atoms with Crippen molar-refractivity contribution in [1.29, 1.82) is 0 Å². The van der Waals surface area contributed by atoms with Gasteiger partial charge in [-0.2, -0.15) is 0 Å². The number of hydrogen-bond donors (Lipinski definition) is 1. The summed E-state index contributed by atoms with van der Waals surface area (Å²) in [6, 6.07) is 5.08. The van der Waals surface area contributed by atoms with Crippen LogP contribution in [0.1, 0.15) is 43.5 Å². The third-order valence-electron chi connectivity index (χ3n) is 3.85. The Kier molecular flexibility index (Phi) is 4.04. The fourth-order valence-corrected chi connectivity index (χ4v) is 2.77. The van der Waals surface area contributed by atoms with Gasteiger partial charge in [0, 0.05) is 18.8 Å². The highest BCUT2D eigenvalue weighted by Gasteiger charge is 2.26. The second kappa shape index (κ2) is 5.41. The van der Waals surface area contributed by atoms with E-state index in [-0.39, 0.29) is 5.91 Å². The molecule has 2 N–H and O–H groups in total. The summed E-state index contributed by atoms with van der Waals surface area (Å²) in [7, 11) is 0. The first kappa shape index (κ1) is 14.2. The Labute approximate surface area is 119 Å². The summed E-state index contributed by atoms with van der Waals surface area (Å²) in [6.07, 6.45) is 3.24. The van der Waals surface area contributed by atoms with Gasteiger partial charge in [0.2, 0.25) is 0 Å². The Hall–Kier alpha value is -1.22. The molecule has 0 atom stereocenters. The third kappa shape index (κ3) is 3.41. The first-order valence-corrected chi connectivity index (χ1v) is 7.11. The molecular formula is C15H21ClN2O. The third-order valence-corrected chi connectivity index (χ3v) is 4.16. The summed E-state index contributed by atoms with van der Waals surface area (Å²) in [5.74, 6) is 0.0164. The molecule has 4 heteroatoms. The van der Waals surface area contributed by atoms with Crippen molar-refractivity contribution in [2.75, 3.05) is 18.8 Å². The van der Waals surface area contributed by atoms with E-state index < -0.39 is 0 Å². The van der Waals surface area contributed by atoms with E-state index in [4.69, 9.17) is 17.3 Å². The van der Waals surface area contributed by atoms with Crippen LogP contribution >= 0.6 is 11.6 Å². The monoisotopic (exact) mass is 280 g/mol. The lowest BCUT2D eigenvalue weighted by molar-refractivity contribution is 0.0757. The van der Waals surface area contributed by atoms with Crippen molar-refractivity contribution >= 4 is 23.2 Å². The number of carbonyl (C=O) groups excluding carboxylic acids is 1. The largest absolute Gasteiger partial charge is 0.399 e. The number of nitrogens with two attached hydrogens (primary N) is 1. The number of anilines is 1. The minimum absolute atomic E-state index is 0.0164. The summed E-state index contributed by atoms with van der Waals surface area (Å²) in [5.41, 5.74) is 7.11. The Bertz CT molecular complexity index is 485. The predicted molar refractivity (Wildman–Crippen MR) is 79.4 cm³/mol. The Morgan fingerprint density at radius 2 is 2.05 bits per heavy atom. The van der Waals surface area contributed by atoms with Crippen LogP contribution in [0, 0.1) is 5.41 Å². The summed E-state index contributed by atoms with van der Waals surface area (Å²) in [4.78, 5) is 14.4. The second-order valence-electron chi connectivity index (χ2n) is 6.05. The molecular weight excluding hydrogens is 260 g/mol. The van der Waals surface area contributed by atoms with Crippen molar-refractivity contribution in [2.45, 2.75) is 33.1 Å². The first-order valence-electron chi connectivity index (χ1n) is 6.73. The number of rotatable bonds is 1. The molecule has 0 radical (unpaired) electrons. The molecule has 1 fully saturated rings. The molecule has 104 valence electrons. The number of benzene rings is 1. The van der Waals surface area contributed by atoms with Gasteiger partial charge < -0.3 is 10.6 Å². The molecule has 2 rings (SSSR count). The zero-order chi connectivity index (χ0) is 14.0. The number of carbonyl (C=O) groups is 1. The van der Waals surface area contributed by atoms with Gasteiger partial charge in [0.15, 0.2) is 0 Å². The fourth-order valence-electron chi connectivity index (χ4n) is 2.50. The van der Waals surface area contributed by atoms with Crippen LogP contribution in [-0.4, -0.2) is 23.9 Å². The highest BCUT2D eigenvalue weighted by atomic mass is 35.5. The van der Waals surface area contributed by atoms with Gasteiger partial charge >= 0.3 is 0 Å². The molecule has 3 nitrogen and oxygen atoms in total. The maximum absolute atomic E-state index is 12.5. The summed E-state index contributed by atoms with van der Waals surface area (Å²) in [6.45, 7) is 6.13. The highest BCUT2D eigenvalue weighted by molar-refractivity contribution is 6.34. The predicted octanol–water partition coefficient (Wildman–Crippen LogP) is 3.57. The lowest BCUT2D eigenvalue weighted by Gasteiger charge is -2.23. The van der Waals surface area contributed by atoms with Crippen molar-refractivity contribution in [3.63, 3.8) is 0 Å². The van der Waals surface area contributed by atoms with Crippen molar-refractivity contribution in [1.82, 2.24) is 4.90 Å². The number of likely N-dealkylation sites (tertiary alicyclic amines) is 1. The van der Waals surface area contributed by atoms with Crippen LogP contribution in [0.15, 0.2) is 18.2 Å². The molecule has 0 saturated carbocycles. The molecule has 1 amide bonds. The van der Waals surface area contributed by atoms with E-state index in [1.165, 1.54) is 0 Å². The number of halogens is 1. The number of hydrogen-bond acceptors (Lipinski definition) is 2. The van der Waals surface area contributed by atoms with E-state index in [2.05, 4.69) is 13.8 Å². The first-order chi connectivity index (χ1) is 8.89.